The molecule has 0 radical (unpaired) electrons. The average Bonchev–Trinajstić information content (AvgIpc) is 2.72. The van der Waals surface area contributed by atoms with Crippen molar-refractivity contribution in [1.82, 2.24) is 4.90 Å². The van der Waals surface area contributed by atoms with Crippen LogP contribution in [0.4, 0.5) is 0 Å². The smallest absolute Gasteiger partial charge is 0.219 e. The van der Waals surface area contributed by atoms with Crippen molar-refractivity contribution in [2.75, 3.05) is 19.7 Å². The molecule has 0 saturated carbocycles. The average molecular weight is 245 g/mol. The second-order valence-corrected chi connectivity index (χ2v) is 5.70. The van der Waals surface area contributed by atoms with Gasteiger partial charge >= 0.3 is 0 Å². The Kier molecular flexibility index (Phi) is 2.86. The molecule has 1 atom stereocenters. The topological polar surface area (TPSA) is 29.5 Å². The van der Waals surface area contributed by atoms with E-state index in [0.717, 1.165) is 32.5 Å². The van der Waals surface area contributed by atoms with E-state index < -0.39 is 0 Å². The lowest BCUT2D eigenvalue weighted by Crippen LogP contribution is -2.58. The molecular weight excluding hydrogens is 226 g/mol. The number of hydrogen-bond donors (Lipinski definition) is 0. The number of carbonyl (C=O) groups excluding carboxylic acids is 1. The van der Waals surface area contributed by atoms with Crippen LogP contribution in [0.2, 0.25) is 0 Å². The van der Waals surface area contributed by atoms with Crippen LogP contribution in [0.25, 0.3) is 0 Å². The molecule has 0 aromatic heterocycles. The van der Waals surface area contributed by atoms with Gasteiger partial charge in [-0.3, -0.25) is 4.79 Å². The highest BCUT2D eigenvalue weighted by molar-refractivity contribution is 5.74. The Morgan fingerprint density at radius 2 is 2.11 bits per heavy atom. The van der Waals surface area contributed by atoms with E-state index >= 15 is 0 Å². The second kappa shape index (κ2) is 4.39. The molecule has 1 aromatic rings. The molecular formula is C15H19NO2. The van der Waals surface area contributed by atoms with Crippen LogP contribution in [0.5, 0.6) is 0 Å². The zero-order chi connectivity index (χ0) is 12.6. The summed E-state index contributed by atoms with van der Waals surface area (Å²) in [6.45, 7) is 4.22. The Hall–Kier alpha value is -1.35. The molecule has 2 heterocycles. The predicted molar refractivity (Wildman–Crippen MR) is 69.2 cm³/mol. The van der Waals surface area contributed by atoms with E-state index in [2.05, 4.69) is 24.3 Å². The maximum absolute atomic E-state index is 11.2. The Balaban J connectivity index is 1.55. The molecule has 1 spiro atoms. The van der Waals surface area contributed by atoms with Crippen LogP contribution in [0, 0.1) is 5.41 Å². The summed E-state index contributed by atoms with van der Waals surface area (Å²) < 4.78 is 5.90. The Morgan fingerprint density at radius 1 is 1.39 bits per heavy atom. The highest BCUT2D eigenvalue weighted by Crippen LogP contribution is 2.41. The number of amides is 1. The summed E-state index contributed by atoms with van der Waals surface area (Å²) in [4.78, 5) is 13.1. The molecule has 2 saturated heterocycles. The molecule has 3 rings (SSSR count). The molecule has 3 nitrogen and oxygen atoms in total. The first-order chi connectivity index (χ1) is 8.67. The van der Waals surface area contributed by atoms with Crippen LogP contribution in [-0.2, 0) is 16.0 Å². The summed E-state index contributed by atoms with van der Waals surface area (Å²) in [5.74, 6) is 0.187. The fourth-order valence-corrected chi connectivity index (χ4v) is 3.11. The molecule has 0 bridgehead atoms. The summed E-state index contributed by atoms with van der Waals surface area (Å²) in [5, 5.41) is 0. The van der Waals surface area contributed by atoms with E-state index in [9.17, 15) is 4.79 Å². The number of carbonyl (C=O) groups is 1. The van der Waals surface area contributed by atoms with Crippen molar-refractivity contribution in [3.8, 4) is 0 Å². The van der Waals surface area contributed by atoms with Gasteiger partial charge in [-0.05, 0) is 18.4 Å². The van der Waals surface area contributed by atoms with Gasteiger partial charge in [0.25, 0.3) is 0 Å². The molecule has 18 heavy (non-hydrogen) atoms. The van der Waals surface area contributed by atoms with Crippen molar-refractivity contribution in [1.29, 1.82) is 0 Å². The van der Waals surface area contributed by atoms with E-state index in [1.807, 2.05) is 11.0 Å². The standard InChI is InChI=1S/C15H19NO2/c1-12(17)16-9-15(10-16)8-14(18-11-15)7-13-5-3-2-4-6-13/h2-6,14H,7-11H2,1H3. The first kappa shape index (κ1) is 11.7. The molecule has 2 aliphatic heterocycles. The van der Waals surface area contributed by atoms with Crippen molar-refractivity contribution < 1.29 is 9.53 Å². The summed E-state index contributed by atoms with van der Waals surface area (Å²) >= 11 is 0. The molecule has 1 amide bonds. The predicted octanol–water partition coefficient (Wildman–Crippen LogP) is 1.87. The van der Waals surface area contributed by atoms with Gasteiger partial charge in [-0.25, -0.2) is 0 Å². The number of rotatable bonds is 2. The fourth-order valence-electron chi connectivity index (χ4n) is 3.11. The normalized spacial score (nSPS) is 25.2. The minimum absolute atomic E-state index is 0.187. The molecule has 96 valence electrons. The largest absolute Gasteiger partial charge is 0.377 e. The van der Waals surface area contributed by atoms with E-state index in [0.29, 0.717) is 6.10 Å². The lowest BCUT2D eigenvalue weighted by molar-refractivity contribution is -0.140. The molecule has 1 unspecified atom stereocenters. The van der Waals surface area contributed by atoms with E-state index in [-0.39, 0.29) is 11.3 Å². The molecule has 0 aliphatic carbocycles. The minimum Gasteiger partial charge on any atom is -0.377 e. The van der Waals surface area contributed by atoms with Crippen LogP contribution in [0.15, 0.2) is 30.3 Å². The second-order valence-electron chi connectivity index (χ2n) is 5.70. The van der Waals surface area contributed by atoms with Gasteiger partial charge in [0.2, 0.25) is 5.91 Å². The number of benzene rings is 1. The molecule has 3 heteroatoms. The highest BCUT2D eigenvalue weighted by atomic mass is 16.5. The van der Waals surface area contributed by atoms with Gasteiger partial charge in [0.05, 0.1) is 12.7 Å². The van der Waals surface area contributed by atoms with Gasteiger partial charge in [0.15, 0.2) is 0 Å². The third-order valence-electron chi connectivity index (χ3n) is 4.09. The molecule has 2 aliphatic rings. The van der Waals surface area contributed by atoms with Gasteiger partial charge in [-0.15, -0.1) is 0 Å². The van der Waals surface area contributed by atoms with Crippen molar-refractivity contribution in [2.24, 2.45) is 5.41 Å². The third kappa shape index (κ3) is 2.15. The zero-order valence-corrected chi connectivity index (χ0v) is 10.8. The lowest BCUT2D eigenvalue weighted by atomic mass is 9.77. The zero-order valence-electron chi connectivity index (χ0n) is 10.8. The quantitative estimate of drug-likeness (QED) is 0.796. The van der Waals surface area contributed by atoms with Crippen LogP contribution < -0.4 is 0 Å². The first-order valence-electron chi connectivity index (χ1n) is 6.58. The SMILES string of the molecule is CC(=O)N1CC2(COC(Cc3ccccc3)C2)C1. The van der Waals surface area contributed by atoms with Crippen molar-refractivity contribution in [2.45, 2.75) is 25.9 Å². The lowest BCUT2D eigenvalue weighted by Gasteiger charge is -2.46. The molecule has 2 fully saturated rings. The van der Waals surface area contributed by atoms with Crippen molar-refractivity contribution in [3.63, 3.8) is 0 Å². The number of hydrogen-bond acceptors (Lipinski definition) is 2. The highest BCUT2D eigenvalue weighted by Gasteiger charge is 2.49. The minimum atomic E-state index is 0.187. The van der Waals surface area contributed by atoms with Gasteiger partial charge in [0, 0.05) is 25.4 Å². The van der Waals surface area contributed by atoms with Gasteiger partial charge < -0.3 is 9.64 Å². The van der Waals surface area contributed by atoms with Crippen LogP contribution >= 0.6 is 0 Å². The van der Waals surface area contributed by atoms with Gasteiger partial charge in [-0.1, -0.05) is 30.3 Å². The maximum atomic E-state index is 11.2. The first-order valence-corrected chi connectivity index (χ1v) is 6.58. The van der Waals surface area contributed by atoms with Crippen LogP contribution in [-0.4, -0.2) is 36.6 Å². The van der Waals surface area contributed by atoms with Gasteiger partial charge in [0.1, 0.15) is 0 Å². The summed E-state index contributed by atoms with van der Waals surface area (Å²) in [6.07, 6.45) is 2.40. The maximum Gasteiger partial charge on any atom is 0.219 e. The summed E-state index contributed by atoms with van der Waals surface area (Å²) in [5.41, 5.74) is 1.59. The van der Waals surface area contributed by atoms with E-state index in [1.165, 1.54) is 5.56 Å². The summed E-state index contributed by atoms with van der Waals surface area (Å²) in [7, 11) is 0. The van der Waals surface area contributed by atoms with Crippen LogP contribution in [0.1, 0.15) is 18.9 Å². The van der Waals surface area contributed by atoms with Crippen molar-refractivity contribution in [3.05, 3.63) is 35.9 Å². The number of nitrogens with zero attached hydrogens (tertiary/aromatic N) is 1. The van der Waals surface area contributed by atoms with E-state index in [4.69, 9.17) is 4.74 Å². The third-order valence-corrected chi connectivity index (χ3v) is 4.09. The van der Waals surface area contributed by atoms with E-state index in [1.54, 1.807) is 6.92 Å². The van der Waals surface area contributed by atoms with Crippen molar-refractivity contribution >= 4 is 5.91 Å². The Morgan fingerprint density at radius 3 is 2.78 bits per heavy atom. The Labute approximate surface area is 108 Å². The van der Waals surface area contributed by atoms with Crippen LogP contribution in [0.3, 0.4) is 0 Å². The molecule has 0 N–H and O–H groups in total. The van der Waals surface area contributed by atoms with Gasteiger partial charge in [-0.2, -0.15) is 0 Å². The fraction of sp³-hybridized carbons (Fsp3) is 0.533. The Bertz CT molecular complexity index is 437. The monoisotopic (exact) mass is 245 g/mol. The summed E-state index contributed by atoms with van der Waals surface area (Å²) in [6, 6.07) is 10.5. The number of ether oxygens (including phenoxy) is 1. The molecule has 1 aromatic carbocycles. The number of likely N-dealkylation sites (tertiary alicyclic amines) is 1.